The van der Waals surface area contributed by atoms with Gasteiger partial charge >= 0.3 is 0 Å². The van der Waals surface area contributed by atoms with Crippen LogP contribution in [0.5, 0.6) is 0 Å². The maximum absolute atomic E-state index is 12.6. The van der Waals surface area contributed by atoms with Crippen molar-refractivity contribution in [3.8, 4) is 0 Å². The summed E-state index contributed by atoms with van der Waals surface area (Å²) in [5, 5.41) is 0. The Bertz CT molecular complexity index is 594. The molecule has 0 radical (unpaired) electrons. The average molecular weight is 279 g/mol. The third kappa shape index (κ3) is 2.38. The van der Waals surface area contributed by atoms with Gasteiger partial charge in [-0.3, -0.25) is 0 Å². The second kappa shape index (κ2) is 4.51. The van der Waals surface area contributed by atoms with E-state index < -0.39 is 9.84 Å². The third-order valence-corrected chi connectivity index (χ3v) is 6.84. The molecule has 0 amide bonds. The summed E-state index contributed by atoms with van der Waals surface area (Å²) in [6.07, 6.45) is 4.88. The lowest BCUT2D eigenvalue weighted by Crippen LogP contribution is -2.22. The summed E-state index contributed by atoms with van der Waals surface area (Å²) < 4.78 is 25.2. The molecule has 3 unspecified atom stereocenters. The van der Waals surface area contributed by atoms with Crippen LogP contribution in [-0.2, 0) is 9.84 Å². The number of anilines is 1. The van der Waals surface area contributed by atoms with Gasteiger partial charge in [-0.05, 0) is 61.6 Å². The number of aryl methyl sites for hydroxylation is 1. The van der Waals surface area contributed by atoms with E-state index in [1.807, 2.05) is 6.92 Å². The smallest absolute Gasteiger partial charge is 0.178 e. The van der Waals surface area contributed by atoms with Crippen molar-refractivity contribution in [3.05, 3.63) is 23.8 Å². The monoisotopic (exact) mass is 279 g/mol. The molecule has 0 saturated heterocycles. The van der Waals surface area contributed by atoms with Crippen molar-refractivity contribution >= 4 is 15.5 Å². The van der Waals surface area contributed by atoms with Crippen LogP contribution in [0.2, 0.25) is 0 Å². The molecule has 4 heteroatoms. The minimum Gasteiger partial charge on any atom is -0.399 e. The van der Waals surface area contributed by atoms with E-state index in [4.69, 9.17) is 5.73 Å². The SMILES string of the molecule is Cc1ccc(N)cc1S(=O)(=O)CC1CC2CCC1C2. The van der Waals surface area contributed by atoms with Crippen molar-refractivity contribution in [3.63, 3.8) is 0 Å². The molecule has 2 N–H and O–H groups in total. The molecule has 1 aromatic rings. The molecule has 2 fully saturated rings. The van der Waals surface area contributed by atoms with E-state index in [-0.39, 0.29) is 0 Å². The van der Waals surface area contributed by atoms with Crippen LogP contribution in [0.15, 0.2) is 23.1 Å². The fourth-order valence-corrected chi connectivity index (χ4v) is 5.93. The van der Waals surface area contributed by atoms with Crippen LogP contribution in [0.25, 0.3) is 0 Å². The van der Waals surface area contributed by atoms with Crippen LogP contribution in [0, 0.1) is 24.7 Å². The molecule has 3 atom stereocenters. The van der Waals surface area contributed by atoms with Crippen molar-refractivity contribution in [2.24, 2.45) is 17.8 Å². The first-order valence-electron chi connectivity index (χ1n) is 7.04. The molecule has 19 heavy (non-hydrogen) atoms. The predicted molar refractivity (Wildman–Crippen MR) is 76.6 cm³/mol. The number of fused-ring (bicyclic) bond motifs is 2. The highest BCUT2D eigenvalue weighted by Crippen LogP contribution is 2.49. The number of hydrogen-bond donors (Lipinski definition) is 1. The Hall–Kier alpha value is -1.03. The second-order valence-corrected chi connectivity index (χ2v) is 8.24. The molecule has 2 aliphatic carbocycles. The standard InChI is InChI=1S/C15H21NO2S/c1-10-2-5-14(16)8-15(10)19(17,18)9-13-7-11-3-4-12(13)6-11/h2,5,8,11-13H,3-4,6-7,9,16H2,1H3. The summed E-state index contributed by atoms with van der Waals surface area (Å²) in [6.45, 7) is 1.84. The number of hydrogen-bond acceptors (Lipinski definition) is 3. The van der Waals surface area contributed by atoms with Crippen molar-refractivity contribution in [2.75, 3.05) is 11.5 Å². The zero-order valence-corrected chi connectivity index (χ0v) is 12.1. The molecular formula is C15H21NO2S. The molecule has 0 aliphatic heterocycles. The van der Waals surface area contributed by atoms with E-state index in [1.54, 1.807) is 18.2 Å². The lowest BCUT2D eigenvalue weighted by Gasteiger charge is -2.21. The Kier molecular flexibility index (Phi) is 3.08. The van der Waals surface area contributed by atoms with Crippen molar-refractivity contribution in [1.82, 2.24) is 0 Å². The Morgan fingerprint density at radius 1 is 1.26 bits per heavy atom. The quantitative estimate of drug-likeness (QED) is 0.865. The van der Waals surface area contributed by atoms with E-state index in [9.17, 15) is 8.42 Å². The molecule has 0 heterocycles. The summed E-state index contributed by atoms with van der Waals surface area (Å²) in [4.78, 5) is 0.426. The van der Waals surface area contributed by atoms with Crippen molar-refractivity contribution < 1.29 is 8.42 Å². The maximum atomic E-state index is 12.6. The van der Waals surface area contributed by atoms with Gasteiger partial charge in [-0.25, -0.2) is 8.42 Å². The van der Waals surface area contributed by atoms with E-state index in [2.05, 4.69) is 0 Å². The number of sulfone groups is 1. The van der Waals surface area contributed by atoms with E-state index in [1.165, 1.54) is 19.3 Å². The topological polar surface area (TPSA) is 60.2 Å². The van der Waals surface area contributed by atoms with Crippen LogP contribution in [0.3, 0.4) is 0 Å². The normalized spacial score (nSPS) is 29.8. The minimum absolute atomic E-state index is 0.304. The van der Waals surface area contributed by atoms with Gasteiger partial charge in [0.05, 0.1) is 10.6 Å². The van der Waals surface area contributed by atoms with Gasteiger partial charge < -0.3 is 5.73 Å². The van der Waals surface area contributed by atoms with E-state index >= 15 is 0 Å². The molecule has 3 rings (SSSR count). The molecule has 1 aromatic carbocycles. The summed E-state index contributed by atoms with van der Waals surface area (Å²) >= 11 is 0. The van der Waals surface area contributed by atoms with Crippen molar-refractivity contribution in [1.29, 1.82) is 0 Å². The van der Waals surface area contributed by atoms with Gasteiger partial charge in [-0.15, -0.1) is 0 Å². The zero-order valence-electron chi connectivity index (χ0n) is 11.3. The van der Waals surface area contributed by atoms with Crippen LogP contribution < -0.4 is 5.73 Å². The molecule has 0 aromatic heterocycles. The first-order chi connectivity index (χ1) is 8.95. The Morgan fingerprint density at radius 2 is 2.05 bits per heavy atom. The number of benzene rings is 1. The van der Waals surface area contributed by atoms with Gasteiger partial charge in [0.1, 0.15) is 0 Å². The van der Waals surface area contributed by atoms with E-state index in [0.717, 1.165) is 17.9 Å². The Balaban J connectivity index is 1.85. The summed E-state index contributed by atoms with van der Waals surface area (Å²) in [5.41, 5.74) is 7.06. The van der Waals surface area contributed by atoms with Gasteiger partial charge in [-0.2, -0.15) is 0 Å². The number of nitrogen functional groups attached to an aromatic ring is 1. The second-order valence-electron chi connectivity index (χ2n) is 6.24. The summed E-state index contributed by atoms with van der Waals surface area (Å²) in [5.74, 6) is 2.09. The molecule has 0 spiro atoms. The lowest BCUT2D eigenvalue weighted by molar-refractivity contribution is 0.360. The third-order valence-electron chi connectivity index (χ3n) is 4.87. The van der Waals surface area contributed by atoms with Crippen molar-refractivity contribution in [2.45, 2.75) is 37.5 Å². The molecule has 2 bridgehead atoms. The highest BCUT2D eigenvalue weighted by Gasteiger charge is 2.41. The van der Waals surface area contributed by atoms with Gasteiger partial charge in [0.2, 0.25) is 0 Å². The van der Waals surface area contributed by atoms with Crippen LogP contribution in [0.4, 0.5) is 5.69 Å². The molecule has 3 nitrogen and oxygen atoms in total. The van der Waals surface area contributed by atoms with Crippen LogP contribution in [-0.4, -0.2) is 14.2 Å². The average Bonchev–Trinajstić information content (AvgIpc) is 2.93. The number of nitrogens with two attached hydrogens (primary N) is 1. The highest BCUT2D eigenvalue weighted by molar-refractivity contribution is 7.91. The summed E-state index contributed by atoms with van der Waals surface area (Å²) in [7, 11) is -3.20. The van der Waals surface area contributed by atoms with E-state index in [0.29, 0.717) is 28.2 Å². The van der Waals surface area contributed by atoms with Crippen LogP contribution in [0.1, 0.15) is 31.2 Å². The maximum Gasteiger partial charge on any atom is 0.178 e. The fourth-order valence-electron chi connectivity index (χ4n) is 3.90. The molecule has 2 aliphatic rings. The Morgan fingerprint density at radius 3 is 2.68 bits per heavy atom. The van der Waals surface area contributed by atoms with Gasteiger partial charge in [0.15, 0.2) is 9.84 Å². The van der Waals surface area contributed by atoms with Crippen LogP contribution >= 0.6 is 0 Å². The summed E-state index contributed by atoms with van der Waals surface area (Å²) in [6, 6.07) is 5.16. The highest BCUT2D eigenvalue weighted by atomic mass is 32.2. The largest absolute Gasteiger partial charge is 0.399 e. The van der Waals surface area contributed by atoms with Gasteiger partial charge in [-0.1, -0.05) is 12.5 Å². The molecule has 104 valence electrons. The zero-order chi connectivity index (χ0) is 13.6. The van der Waals surface area contributed by atoms with Gasteiger partial charge in [0, 0.05) is 5.69 Å². The molecular weight excluding hydrogens is 258 g/mol. The minimum atomic E-state index is -3.20. The lowest BCUT2D eigenvalue weighted by atomic mass is 9.90. The molecule has 2 saturated carbocycles. The fraction of sp³-hybridized carbons (Fsp3) is 0.600. The van der Waals surface area contributed by atoms with Gasteiger partial charge in [0.25, 0.3) is 0 Å². The first-order valence-corrected chi connectivity index (χ1v) is 8.70. The first kappa shape index (κ1) is 13.0. The Labute approximate surface area is 115 Å². The number of rotatable bonds is 3. The predicted octanol–water partition coefficient (Wildman–Crippen LogP) is 2.79.